The minimum Gasteiger partial charge on any atom is -0.449 e. The van der Waals surface area contributed by atoms with Crippen molar-refractivity contribution in [3.63, 3.8) is 0 Å². The Morgan fingerprint density at radius 1 is 1.10 bits per heavy atom. The van der Waals surface area contributed by atoms with Gasteiger partial charge in [-0.15, -0.1) is 0 Å². The molecule has 0 aromatic heterocycles. The lowest BCUT2D eigenvalue weighted by Crippen LogP contribution is -2.25. The third kappa shape index (κ3) is 4.53. The highest BCUT2D eigenvalue weighted by molar-refractivity contribution is 6.30. The zero-order valence-electron chi connectivity index (χ0n) is 16.2. The Morgan fingerprint density at radius 2 is 1.90 bits per heavy atom. The van der Waals surface area contributed by atoms with Crippen LogP contribution in [0.3, 0.4) is 0 Å². The number of aryl methyl sites for hydroxylation is 1. The smallest absolute Gasteiger partial charge is 0.291 e. The van der Waals surface area contributed by atoms with Gasteiger partial charge in [0.1, 0.15) is 0 Å². The van der Waals surface area contributed by atoms with Crippen molar-refractivity contribution in [2.24, 2.45) is 0 Å². The maximum atomic E-state index is 12.5. The lowest BCUT2D eigenvalue weighted by Gasteiger charge is -2.20. The second-order valence-corrected chi connectivity index (χ2v) is 7.44. The average molecular weight is 419 g/mol. The summed E-state index contributed by atoms with van der Waals surface area (Å²) in [7, 11) is 0. The molecule has 6 heteroatoms. The maximum Gasteiger partial charge on any atom is 0.291 e. The van der Waals surface area contributed by atoms with Crippen LogP contribution in [0.4, 0.5) is 5.69 Å². The van der Waals surface area contributed by atoms with Gasteiger partial charge in [0, 0.05) is 17.1 Å². The van der Waals surface area contributed by atoms with Crippen molar-refractivity contribution in [3.8, 4) is 5.75 Å². The van der Waals surface area contributed by atoms with E-state index in [1.807, 2.05) is 31.2 Å². The molecule has 0 radical (unpaired) electrons. The van der Waals surface area contributed by atoms with Crippen molar-refractivity contribution in [3.05, 3.63) is 99.8 Å². The molecule has 1 aliphatic heterocycles. The number of nitrogens with one attached hydrogen (secondary N) is 2. The van der Waals surface area contributed by atoms with E-state index >= 15 is 0 Å². The highest BCUT2D eigenvalue weighted by Gasteiger charge is 2.23. The van der Waals surface area contributed by atoms with Crippen molar-refractivity contribution in [1.29, 1.82) is 0 Å². The van der Waals surface area contributed by atoms with Crippen LogP contribution in [0.5, 0.6) is 5.75 Å². The topological polar surface area (TPSA) is 67.4 Å². The standard InChI is InChI=1S/C24H19ClN2O3/c1-15-3-2-4-17(11-15)14-26-23(28)18-7-10-21-20(13-18)27-24(29)22(30-21)12-16-5-8-19(25)9-6-16/h2-13H,14H2,1H3,(H,26,28)(H,27,29). The van der Waals surface area contributed by atoms with E-state index in [0.29, 0.717) is 28.6 Å². The zero-order chi connectivity index (χ0) is 21.1. The molecule has 30 heavy (non-hydrogen) atoms. The predicted octanol–water partition coefficient (Wildman–Crippen LogP) is 4.95. The summed E-state index contributed by atoms with van der Waals surface area (Å²) in [4.78, 5) is 24.9. The summed E-state index contributed by atoms with van der Waals surface area (Å²) in [6.45, 7) is 2.43. The summed E-state index contributed by atoms with van der Waals surface area (Å²) in [6.07, 6.45) is 1.64. The number of hydrogen-bond donors (Lipinski definition) is 2. The summed E-state index contributed by atoms with van der Waals surface area (Å²) in [5, 5.41) is 6.29. The van der Waals surface area contributed by atoms with Gasteiger partial charge in [0.15, 0.2) is 11.5 Å². The predicted molar refractivity (Wildman–Crippen MR) is 117 cm³/mol. The summed E-state index contributed by atoms with van der Waals surface area (Å²) < 4.78 is 5.74. The van der Waals surface area contributed by atoms with Crippen LogP contribution in [-0.2, 0) is 11.3 Å². The van der Waals surface area contributed by atoms with Gasteiger partial charge in [-0.3, -0.25) is 9.59 Å². The molecule has 0 fully saturated rings. The Hall–Kier alpha value is -3.57. The zero-order valence-corrected chi connectivity index (χ0v) is 17.0. The third-order valence-electron chi connectivity index (χ3n) is 4.64. The Labute approximate surface area is 179 Å². The van der Waals surface area contributed by atoms with E-state index in [9.17, 15) is 9.59 Å². The van der Waals surface area contributed by atoms with Crippen LogP contribution < -0.4 is 15.4 Å². The molecule has 5 nitrogen and oxygen atoms in total. The molecule has 0 aliphatic carbocycles. The molecule has 0 saturated heterocycles. The number of amides is 2. The number of carbonyl (C=O) groups excluding carboxylic acids is 2. The van der Waals surface area contributed by atoms with Crippen molar-refractivity contribution < 1.29 is 14.3 Å². The van der Waals surface area contributed by atoms with E-state index in [-0.39, 0.29) is 17.6 Å². The fraction of sp³-hybridized carbons (Fsp3) is 0.0833. The largest absolute Gasteiger partial charge is 0.449 e. The first kappa shape index (κ1) is 19.7. The van der Waals surface area contributed by atoms with Crippen molar-refractivity contribution in [2.75, 3.05) is 5.32 Å². The van der Waals surface area contributed by atoms with E-state index in [2.05, 4.69) is 10.6 Å². The number of rotatable bonds is 4. The van der Waals surface area contributed by atoms with Crippen LogP contribution in [0.15, 0.2) is 72.5 Å². The summed E-state index contributed by atoms with van der Waals surface area (Å²) >= 11 is 5.89. The highest BCUT2D eigenvalue weighted by Crippen LogP contribution is 2.32. The molecule has 3 aromatic rings. The van der Waals surface area contributed by atoms with Gasteiger partial charge in [-0.05, 0) is 54.5 Å². The molecule has 3 aromatic carbocycles. The maximum absolute atomic E-state index is 12.5. The van der Waals surface area contributed by atoms with Crippen LogP contribution in [0.2, 0.25) is 5.02 Å². The number of fused-ring (bicyclic) bond motifs is 1. The van der Waals surface area contributed by atoms with Crippen molar-refractivity contribution >= 4 is 35.2 Å². The fourth-order valence-electron chi connectivity index (χ4n) is 3.12. The molecular weight excluding hydrogens is 400 g/mol. The number of anilines is 1. The van der Waals surface area contributed by atoms with E-state index in [0.717, 1.165) is 16.7 Å². The molecule has 2 amide bonds. The van der Waals surface area contributed by atoms with E-state index in [1.165, 1.54) is 0 Å². The monoisotopic (exact) mass is 418 g/mol. The van der Waals surface area contributed by atoms with Crippen LogP contribution in [0.1, 0.15) is 27.0 Å². The van der Waals surface area contributed by atoms with Gasteiger partial charge in [0.25, 0.3) is 11.8 Å². The first-order valence-corrected chi connectivity index (χ1v) is 9.80. The number of carbonyl (C=O) groups is 2. The van der Waals surface area contributed by atoms with Gasteiger partial charge in [-0.25, -0.2) is 0 Å². The normalized spacial score (nSPS) is 13.9. The lowest BCUT2D eigenvalue weighted by molar-refractivity contribution is -0.115. The molecule has 0 bridgehead atoms. The fourth-order valence-corrected chi connectivity index (χ4v) is 3.24. The third-order valence-corrected chi connectivity index (χ3v) is 4.89. The van der Waals surface area contributed by atoms with Crippen molar-refractivity contribution in [1.82, 2.24) is 5.32 Å². The van der Waals surface area contributed by atoms with Gasteiger partial charge < -0.3 is 15.4 Å². The average Bonchev–Trinajstić information content (AvgIpc) is 2.74. The molecule has 1 aliphatic rings. The molecular formula is C24H19ClN2O3. The summed E-state index contributed by atoms with van der Waals surface area (Å²) in [5.74, 6) is 0.0392. The minimum absolute atomic E-state index is 0.168. The Kier molecular flexibility index (Phi) is 5.55. The second-order valence-electron chi connectivity index (χ2n) is 7.00. The lowest BCUT2D eigenvalue weighted by atomic mass is 10.1. The second kappa shape index (κ2) is 8.43. The molecule has 0 unspecified atom stereocenters. The Bertz CT molecular complexity index is 1150. The Morgan fingerprint density at radius 3 is 2.67 bits per heavy atom. The first-order valence-electron chi connectivity index (χ1n) is 9.42. The van der Waals surface area contributed by atoms with E-state index in [4.69, 9.17) is 16.3 Å². The van der Waals surface area contributed by atoms with Gasteiger partial charge in [0.05, 0.1) is 5.69 Å². The van der Waals surface area contributed by atoms with Crippen LogP contribution in [0, 0.1) is 6.92 Å². The number of hydrogen-bond acceptors (Lipinski definition) is 3. The highest BCUT2D eigenvalue weighted by atomic mass is 35.5. The number of halogens is 1. The molecule has 0 atom stereocenters. The minimum atomic E-state index is -0.380. The number of benzene rings is 3. The molecule has 150 valence electrons. The van der Waals surface area contributed by atoms with Gasteiger partial charge in [0.2, 0.25) is 0 Å². The van der Waals surface area contributed by atoms with Crippen LogP contribution in [-0.4, -0.2) is 11.8 Å². The van der Waals surface area contributed by atoms with Gasteiger partial charge in [-0.2, -0.15) is 0 Å². The molecule has 0 saturated carbocycles. The quantitative estimate of drug-likeness (QED) is 0.589. The summed E-state index contributed by atoms with van der Waals surface area (Å²) in [5.41, 5.74) is 3.85. The number of ether oxygens (including phenoxy) is 1. The molecule has 0 spiro atoms. The molecule has 2 N–H and O–H groups in total. The van der Waals surface area contributed by atoms with Crippen LogP contribution in [0.25, 0.3) is 6.08 Å². The van der Waals surface area contributed by atoms with Gasteiger partial charge in [-0.1, -0.05) is 53.6 Å². The van der Waals surface area contributed by atoms with Crippen LogP contribution >= 0.6 is 11.6 Å². The molecule has 1 heterocycles. The SMILES string of the molecule is Cc1cccc(CNC(=O)c2ccc3c(c2)NC(=O)C(=Cc2ccc(Cl)cc2)O3)c1. The first-order chi connectivity index (χ1) is 14.5. The Balaban J connectivity index is 1.48. The molecule has 4 rings (SSSR count). The summed E-state index contributed by atoms with van der Waals surface area (Å²) in [6, 6.07) is 20.0. The van der Waals surface area contributed by atoms with E-state index in [1.54, 1.807) is 48.5 Å². The van der Waals surface area contributed by atoms with Crippen molar-refractivity contribution in [2.45, 2.75) is 13.5 Å². The van der Waals surface area contributed by atoms with E-state index < -0.39 is 0 Å². The van der Waals surface area contributed by atoms with Gasteiger partial charge >= 0.3 is 0 Å².